The summed E-state index contributed by atoms with van der Waals surface area (Å²) in [6, 6.07) is 2.12. The SMILES string of the molecule is NCc1cc(S(=O)(=O)NCC2CCCOC2)cn1C1CC1. The first kappa shape index (κ1) is 15.0. The van der Waals surface area contributed by atoms with Gasteiger partial charge in [0.2, 0.25) is 10.0 Å². The molecule has 0 spiro atoms. The number of sulfonamides is 1. The number of rotatable bonds is 6. The van der Waals surface area contributed by atoms with Crippen molar-refractivity contribution in [1.29, 1.82) is 0 Å². The molecule has 3 rings (SSSR count). The van der Waals surface area contributed by atoms with Gasteiger partial charge in [0.05, 0.1) is 11.5 Å². The van der Waals surface area contributed by atoms with Gasteiger partial charge in [-0.05, 0) is 37.7 Å². The van der Waals surface area contributed by atoms with Crippen LogP contribution in [0.5, 0.6) is 0 Å². The molecule has 1 aromatic rings. The minimum Gasteiger partial charge on any atom is -0.381 e. The highest BCUT2D eigenvalue weighted by molar-refractivity contribution is 7.89. The predicted molar refractivity (Wildman–Crippen MR) is 79.3 cm³/mol. The van der Waals surface area contributed by atoms with Gasteiger partial charge < -0.3 is 15.0 Å². The molecule has 2 fully saturated rings. The van der Waals surface area contributed by atoms with E-state index in [1.54, 1.807) is 12.3 Å². The van der Waals surface area contributed by atoms with Gasteiger partial charge in [0, 0.05) is 37.6 Å². The second-order valence-electron chi connectivity index (χ2n) is 5.94. The summed E-state index contributed by atoms with van der Waals surface area (Å²) in [6.07, 6.45) is 5.95. The van der Waals surface area contributed by atoms with Crippen LogP contribution in [0.2, 0.25) is 0 Å². The maximum Gasteiger partial charge on any atom is 0.242 e. The van der Waals surface area contributed by atoms with Crippen molar-refractivity contribution < 1.29 is 13.2 Å². The molecule has 118 valence electrons. The van der Waals surface area contributed by atoms with Crippen molar-refractivity contribution in [2.75, 3.05) is 19.8 Å². The van der Waals surface area contributed by atoms with Crippen molar-refractivity contribution in [3.05, 3.63) is 18.0 Å². The average Bonchev–Trinajstić information content (AvgIpc) is 3.24. The van der Waals surface area contributed by atoms with Crippen LogP contribution >= 0.6 is 0 Å². The number of nitrogens with one attached hydrogen (secondary N) is 1. The van der Waals surface area contributed by atoms with E-state index in [0.29, 0.717) is 30.6 Å². The van der Waals surface area contributed by atoms with Gasteiger partial charge in [-0.3, -0.25) is 0 Å². The first-order chi connectivity index (χ1) is 10.1. The highest BCUT2D eigenvalue weighted by atomic mass is 32.2. The maximum absolute atomic E-state index is 12.4. The lowest BCUT2D eigenvalue weighted by atomic mass is 10.0. The van der Waals surface area contributed by atoms with Gasteiger partial charge in [-0.25, -0.2) is 13.1 Å². The summed E-state index contributed by atoms with van der Waals surface area (Å²) in [6.45, 7) is 2.23. The predicted octanol–water partition coefficient (Wildman–Crippen LogP) is 0.987. The number of nitrogens with two attached hydrogens (primary N) is 1. The zero-order valence-corrected chi connectivity index (χ0v) is 12.9. The van der Waals surface area contributed by atoms with Crippen LogP contribution in [0.15, 0.2) is 17.2 Å². The molecule has 2 heterocycles. The van der Waals surface area contributed by atoms with E-state index in [0.717, 1.165) is 38.0 Å². The molecular weight excluding hydrogens is 290 g/mol. The molecule has 1 unspecified atom stereocenters. The van der Waals surface area contributed by atoms with Crippen molar-refractivity contribution in [3.63, 3.8) is 0 Å². The van der Waals surface area contributed by atoms with Crippen LogP contribution in [0.1, 0.15) is 37.4 Å². The largest absolute Gasteiger partial charge is 0.381 e. The topological polar surface area (TPSA) is 86.3 Å². The van der Waals surface area contributed by atoms with Crippen LogP contribution in [-0.2, 0) is 21.3 Å². The lowest BCUT2D eigenvalue weighted by molar-refractivity contribution is 0.0568. The molecule has 2 aliphatic rings. The Kier molecular flexibility index (Phi) is 4.35. The van der Waals surface area contributed by atoms with E-state index in [4.69, 9.17) is 10.5 Å². The zero-order valence-electron chi connectivity index (χ0n) is 12.1. The van der Waals surface area contributed by atoms with Crippen LogP contribution < -0.4 is 10.5 Å². The summed E-state index contributed by atoms with van der Waals surface area (Å²) >= 11 is 0. The fourth-order valence-corrected chi connectivity index (χ4v) is 3.94. The molecule has 1 aromatic heterocycles. The summed E-state index contributed by atoms with van der Waals surface area (Å²) in [7, 11) is -3.46. The van der Waals surface area contributed by atoms with Crippen molar-refractivity contribution in [2.24, 2.45) is 11.7 Å². The van der Waals surface area contributed by atoms with Crippen molar-refractivity contribution in [2.45, 2.75) is 43.2 Å². The Morgan fingerprint density at radius 1 is 1.38 bits per heavy atom. The molecule has 1 aliphatic carbocycles. The van der Waals surface area contributed by atoms with E-state index in [9.17, 15) is 8.42 Å². The molecule has 3 N–H and O–H groups in total. The summed E-state index contributed by atoms with van der Waals surface area (Å²) in [5.41, 5.74) is 6.60. The number of aromatic nitrogens is 1. The van der Waals surface area contributed by atoms with E-state index in [1.165, 1.54) is 0 Å². The Morgan fingerprint density at radius 2 is 2.19 bits per heavy atom. The smallest absolute Gasteiger partial charge is 0.242 e. The van der Waals surface area contributed by atoms with Crippen LogP contribution in [0.3, 0.4) is 0 Å². The van der Waals surface area contributed by atoms with Gasteiger partial charge in [-0.1, -0.05) is 0 Å². The molecule has 0 amide bonds. The van der Waals surface area contributed by atoms with Gasteiger partial charge in [0.25, 0.3) is 0 Å². The fourth-order valence-electron chi connectivity index (χ4n) is 2.78. The molecule has 7 heteroatoms. The van der Waals surface area contributed by atoms with Crippen LogP contribution in [0.4, 0.5) is 0 Å². The molecule has 0 radical (unpaired) electrons. The van der Waals surface area contributed by atoms with Crippen LogP contribution in [0.25, 0.3) is 0 Å². The van der Waals surface area contributed by atoms with Gasteiger partial charge in [0.1, 0.15) is 0 Å². The lowest BCUT2D eigenvalue weighted by Crippen LogP contribution is -2.33. The first-order valence-corrected chi connectivity index (χ1v) is 9.06. The Bertz CT molecular complexity index is 587. The van der Waals surface area contributed by atoms with E-state index in [2.05, 4.69) is 4.72 Å². The van der Waals surface area contributed by atoms with Crippen LogP contribution in [-0.4, -0.2) is 32.7 Å². The van der Waals surface area contributed by atoms with E-state index >= 15 is 0 Å². The molecule has 0 aromatic carbocycles. The summed E-state index contributed by atoms with van der Waals surface area (Å²) in [5.74, 6) is 0.271. The first-order valence-electron chi connectivity index (χ1n) is 7.58. The molecule has 0 bridgehead atoms. The summed E-state index contributed by atoms with van der Waals surface area (Å²) < 4.78 is 34.9. The normalized spacial score (nSPS) is 23.4. The van der Waals surface area contributed by atoms with Gasteiger partial charge in [-0.2, -0.15) is 0 Å². The Labute approximate surface area is 125 Å². The Balaban J connectivity index is 1.68. The standard InChI is InChI=1S/C14H23N3O3S/c15-7-13-6-14(9-17(13)12-3-4-12)21(18,19)16-8-11-2-1-5-20-10-11/h6,9,11-12,16H,1-5,7-8,10,15H2. The zero-order chi connectivity index (χ0) is 14.9. The van der Waals surface area contributed by atoms with E-state index in [1.807, 2.05) is 4.57 Å². The molecular formula is C14H23N3O3S. The summed E-state index contributed by atoms with van der Waals surface area (Å²) in [4.78, 5) is 0.326. The number of hydrogen-bond acceptors (Lipinski definition) is 4. The Morgan fingerprint density at radius 3 is 2.81 bits per heavy atom. The minimum absolute atomic E-state index is 0.271. The quantitative estimate of drug-likeness (QED) is 0.820. The van der Waals surface area contributed by atoms with Gasteiger partial charge in [0.15, 0.2) is 0 Å². The third kappa shape index (κ3) is 3.48. The molecule has 21 heavy (non-hydrogen) atoms. The monoisotopic (exact) mass is 313 g/mol. The van der Waals surface area contributed by atoms with E-state index in [-0.39, 0.29) is 5.92 Å². The lowest BCUT2D eigenvalue weighted by Gasteiger charge is -2.21. The molecule has 1 atom stereocenters. The van der Waals surface area contributed by atoms with Crippen LogP contribution in [0, 0.1) is 5.92 Å². The second kappa shape index (κ2) is 6.08. The number of hydrogen-bond donors (Lipinski definition) is 2. The van der Waals surface area contributed by atoms with Gasteiger partial charge in [-0.15, -0.1) is 0 Å². The summed E-state index contributed by atoms with van der Waals surface area (Å²) in [5, 5.41) is 0. The molecule has 1 saturated carbocycles. The third-order valence-electron chi connectivity index (χ3n) is 4.18. The number of ether oxygens (including phenoxy) is 1. The number of nitrogens with zero attached hydrogens (tertiary/aromatic N) is 1. The van der Waals surface area contributed by atoms with E-state index < -0.39 is 10.0 Å². The maximum atomic E-state index is 12.4. The second-order valence-corrected chi connectivity index (χ2v) is 7.71. The van der Waals surface area contributed by atoms with Crippen molar-refractivity contribution in [3.8, 4) is 0 Å². The van der Waals surface area contributed by atoms with Gasteiger partial charge >= 0.3 is 0 Å². The van der Waals surface area contributed by atoms with Crippen molar-refractivity contribution >= 4 is 10.0 Å². The third-order valence-corrected chi connectivity index (χ3v) is 5.57. The van der Waals surface area contributed by atoms with Crippen molar-refractivity contribution in [1.82, 2.24) is 9.29 Å². The molecule has 1 saturated heterocycles. The Hall–Kier alpha value is -0.890. The highest BCUT2D eigenvalue weighted by Gasteiger charge is 2.28. The molecule has 6 nitrogen and oxygen atoms in total. The minimum atomic E-state index is -3.46. The molecule has 1 aliphatic heterocycles. The fraction of sp³-hybridized carbons (Fsp3) is 0.714. The highest BCUT2D eigenvalue weighted by Crippen LogP contribution is 2.37. The average molecular weight is 313 g/mol.